The number of benzene rings is 4. The van der Waals surface area contributed by atoms with Gasteiger partial charge in [0.15, 0.2) is 12.2 Å². The van der Waals surface area contributed by atoms with E-state index in [1.54, 1.807) is 87.0 Å². The molecule has 12 atom stereocenters. The fourth-order valence-electron chi connectivity index (χ4n) is 13.5. The molecule has 113 heavy (non-hydrogen) atoms. The first kappa shape index (κ1) is 91.2. The van der Waals surface area contributed by atoms with Gasteiger partial charge in [0, 0.05) is 100 Å². The minimum Gasteiger partial charge on any atom is -0.495 e. The predicted octanol–water partition coefficient (Wildman–Crippen LogP) is 13.2. The number of methoxy groups -OCH3 is 2. The molecule has 0 unspecified atom stereocenters. The zero-order valence-electron chi connectivity index (χ0n) is 67.6. The molecule has 618 valence electrons. The van der Waals surface area contributed by atoms with Crippen LogP contribution in [0.1, 0.15) is 167 Å². The number of carbonyl (C=O) groups is 9. The van der Waals surface area contributed by atoms with Gasteiger partial charge in [-0.3, -0.25) is 38.5 Å². The lowest BCUT2D eigenvalue weighted by Gasteiger charge is -2.35. The number of alkyl halides is 1. The zero-order valence-corrected chi connectivity index (χ0v) is 71.5. The molecule has 5 aliphatic heterocycles. The van der Waals surface area contributed by atoms with Gasteiger partial charge in [-0.25, -0.2) is 9.59 Å². The van der Waals surface area contributed by atoms with E-state index in [9.17, 15) is 43.2 Å². The van der Waals surface area contributed by atoms with Crippen LogP contribution in [-0.2, 0) is 96.8 Å². The maximum Gasteiger partial charge on any atom is 0.347 e. The zero-order chi connectivity index (χ0) is 82.6. The minimum absolute atomic E-state index is 0.00463. The predicted molar refractivity (Wildman–Crippen MR) is 439 cm³/mol. The molecule has 28 heteroatoms. The number of carbonyl (C=O) groups excluding carboxylic acids is 9. The van der Waals surface area contributed by atoms with E-state index in [-0.39, 0.29) is 110 Å². The number of piperazine rings is 1. The average molecular weight is 1660 g/mol. The van der Waals surface area contributed by atoms with Crippen LogP contribution in [0.25, 0.3) is 0 Å². The lowest BCUT2D eigenvalue weighted by Crippen LogP contribution is -2.51. The Balaban J connectivity index is 0.000000293. The van der Waals surface area contributed by atoms with E-state index in [1.807, 2.05) is 81.5 Å². The highest BCUT2D eigenvalue weighted by Gasteiger charge is 2.50. The Morgan fingerprint density at radius 1 is 0.584 bits per heavy atom. The summed E-state index contributed by atoms with van der Waals surface area (Å²) in [5.74, 6) is -3.70. The van der Waals surface area contributed by atoms with Gasteiger partial charge in [-0.1, -0.05) is 159 Å². The van der Waals surface area contributed by atoms with Gasteiger partial charge in [-0.15, -0.1) is 11.6 Å². The van der Waals surface area contributed by atoms with E-state index in [0.29, 0.717) is 45.0 Å². The highest BCUT2D eigenvalue weighted by molar-refractivity contribution is 8.76. The first-order valence-corrected chi connectivity index (χ1v) is 42.6. The van der Waals surface area contributed by atoms with Crippen LogP contribution in [0, 0.1) is 34.5 Å². The van der Waals surface area contributed by atoms with Crippen molar-refractivity contribution < 1.29 is 81.0 Å². The molecule has 5 heterocycles. The normalized spacial score (nSPS) is 25.4. The monoisotopic (exact) mass is 1660 g/mol. The Kier molecular flexibility index (Phi) is 33.9. The van der Waals surface area contributed by atoms with Crippen molar-refractivity contribution in [1.29, 1.82) is 0 Å². The van der Waals surface area contributed by atoms with Gasteiger partial charge in [0.25, 0.3) is 0 Å². The molecule has 5 amide bonds. The number of hydrogen-bond donors (Lipinski definition) is 4. The summed E-state index contributed by atoms with van der Waals surface area (Å²) in [5, 5.41) is 11.9. The van der Waals surface area contributed by atoms with Crippen molar-refractivity contribution in [3.63, 3.8) is 0 Å². The van der Waals surface area contributed by atoms with Crippen molar-refractivity contribution >= 4 is 110 Å². The fraction of sp³-hybridized carbons (Fsp3) is 0.565. The summed E-state index contributed by atoms with van der Waals surface area (Å²) in [6.07, 6.45) is 5.73. The summed E-state index contributed by atoms with van der Waals surface area (Å²) < 4.78 is 46.8. The number of rotatable bonds is 24. The van der Waals surface area contributed by atoms with E-state index in [0.717, 1.165) is 55.8 Å². The topological polar surface area (TPSA) is 289 Å². The molecule has 4 N–H and O–H groups in total. The quantitative estimate of drug-likeness (QED) is 0.0167. The lowest BCUT2D eigenvalue weighted by atomic mass is 9.92. The molecule has 9 rings (SSSR count). The lowest BCUT2D eigenvalue weighted by molar-refractivity contribution is -0.179. The summed E-state index contributed by atoms with van der Waals surface area (Å²) in [6.45, 7) is 26.1. The average Bonchev–Trinajstić information content (AvgIpc) is 1.64. The molecule has 0 radical (unpaired) electrons. The van der Waals surface area contributed by atoms with Crippen molar-refractivity contribution in [1.82, 2.24) is 31.1 Å². The van der Waals surface area contributed by atoms with Gasteiger partial charge in [-0.2, -0.15) is 0 Å². The van der Waals surface area contributed by atoms with Gasteiger partial charge < -0.3 is 64.1 Å². The van der Waals surface area contributed by atoms with Crippen LogP contribution in [0.15, 0.2) is 109 Å². The number of hydrogen-bond acceptors (Lipinski definition) is 20. The van der Waals surface area contributed by atoms with Gasteiger partial charge in [-0.05, 0) is 149 Å². The number of halogens is 3. The molecule has 5 aliphatic rings. The number of esters is 4. The van der Waals surface area contributed by atoms with Crippen LogP contribution >= 0.6 is 56.4 Å². The van der Waals surface area contributed by atoms with Crippen molar-refractivity contribution in [3.8, 4) is 11.5 Å². The third kappa shape index (κ3) is 27.4. The third-order valence-corrected chi connectivity index (χ3v) is 24.3. The van der Waals surface area contributed by atoms with Crippen molar-refractivity contribution in [2.75, 3.05) is 59.7 Å². The van der Waals surface area contributed by atoms with Crippen LogP contribution in [0.3, 0.4) is 0 Å². The highest BCUT2D eigenvalue weighted by atomic mass is 35.5. The number of nitrogens with one attached hydrogen (secondary N) is 4. The van der Waals surface area contributed by atoms with E-state index >= 15 is 0 Å². The number of ether oxygens (including phenoxy) is 8. The third-order valence-electron chi connectivity index (χ3n) is 20.7. The summed E-state index contributed by atoms with van der Waals surface area (Å²) >= 11 is 18.7. The van der Waals surface area contributed by atoms with Crippen molar-refractivity contribution in [3.05, 3.63) is 153 Å². The smallest absolute Gasteiger partial charge is 0.347 e. The Labute approximate surface area is 688 Å². The largest absolute Gasteiger partial charge is 0.495 e. The second kappa shape index (κ2) is 42.0. The van der Waals surface area contributed by atoms with Gasteiger partial charge >= 0.3 is 23.9 Å². The molecule has 0 bridgehead atoms. The van der Waals surface area contributed by atoms with E-state index < -0.39 is 94.8 Å². The molecule has 3 fully saturated rings. The van der Waals surface area contributed by atoms with Crippen LogP contribution in [0.4, 0.5) is 0 Å². The van der Waals surface area contributed by atoms with Crippen LogP contribution in [-0.4, -0.2) is 176 Å². The van der Waals surface area contributed by atoms with Crippen LogP contribution < -0.4 is 30.7 Å². The minimum atomic E-state index is -1.23. The molecule has 3 saturated heterocycles. The maximum atomic E-state index is 13.9. The number of cyclic esters (lactones) is 4. The number of epoxide rings is 2. The fourth-order valence-corrected chi connectivity index (χ4v) is 16.5. The first-order chi connectivity index (χ1) is 53.5. The standard InChI is InChI=1S/C48H67ClN4O9S2.C37H46Cl2N2O8/c1-30(2)25-39-45(57)60-37(11-10-12-40(54)51-36(27-33-15-18-38(59-8)35(49)26-33)44(56)50-29-47(4,5)46(58)61-39)31(3)42-43(62-42)34-16-13-32(14-17-34)28-52-21-23-53(24-22-52)41(55)19-20-48(6,7)64-63-9;1-21(2)16-30-35(44)47-28(22(3)32-33(49-32)25-13-10-23(19-38)11-14-25)8-7-9-31(42)41-27(18-24-12-15-29(46-6)26(39)17-24)34(43)40-20-37(4,5)36(45)48-30/h10,12-18,26,30-31,36-37,39,42-43H,11,19-25,27-29H2,1-9H3,(H,50,56)(H,51,54);7,9-15,17,21-22,27-28,30,32-33H,8,16,18-20H2,1-6H3,(H,40,43)(H,41,42)/b12-10+;9-7+/t31-,36+,37-,39-,42+,43+;22-,27+,28-,30-,32+,33+/m00/s1. The van der Waals surface area contributed by atoms with E-state index in [2.05, 4.69) is 70.5 Å². The molecule has 4 aromatic rings. The van der Waals surface area contributed by atoms with Gasteiger partial charge in [0.2, 0.25) is 29.5 Å². The Bertz CT molecular complexity index is 4000. The second-order valence-electron chi connectivity index (χ2n) is 32.5. The summed E-state index contributed by atoms with van der Waals surface area (Å²) in [4.78, 5) is 126. The molecule has 0 saturated carbocycles. The molecule has 0 aromatic heterocycles. The summed E-state index contributed by atoms with van der Waals surface area (Å²) in [5.41, 5.74) is 3.09. The first-order valence-electron chi connectivity index (χ1n) is 38.7. The second-order valence-corrected chi connectivity index (χ2v) is 36.7. The molecular weight excluding hydrogens is 1550 g/mol. The Hall–Kier alpha value is -7.36. The van der Waals surface area contributed by atoms with Crippen LogP contribution in [0.5, 0.6) is 11.5 Å². The number of nitrogens with zero attached hydrogens (tertiary/aromatic N) is 2. The Morgan fingerprint density at radius 2 is 0.991 bits per heavy atom. The molecular formula is C85H113Cl3N6O17S2. The van der Waals surface area contributed by atoms with Crippen molar-refractivity contribution in [2.24, 2.45) is 34.5 Å². The highest BCUT2D eigenvalue weighted by Crippen LogP contribution is 2.47. The maximum absolute atomic E-state index is 13.9. The van der Waals surface area contributed by atoms with Gasteiger partial charge in [0.05, 0.1) is 47.3 Å². The SMILES string of the molecule is COc1ccc(C[C@H]2NC(=O)/C=C/C[C@@H]([C@H](C)[C@H]3O[C@@H]3c3ccc(CCl)cc3)OC(=O)[C@H](CC(C)C)OC(=O)C(C)(C)CNC2=O)cc1Cl.COc1ccc(C[C@H]2NC(=O)/C=C/C[C@@H]([C@H](C)[C@H]3O[C@@H]3c3ccc(CN4CCN(C(=O)CCC(C)(C)SSC)CC4)cc3)OC(=O)[C@H](CC(C)C)OC(=O)C(C)(C)CNC2=O)cc1Cl. The van der Waals surface area contributed by atoms with Crippen LogP contribution in [0.2, 0.25) is 10.0 Å². The summed E-state index contributed by atoms with van der Waals surface area (Å²) in [6, 6.07) is 24.4. The molecule has 0 spiro atoms. The Morgan fingerprint density at radius 3 is 1.37 bits per heavy atom. The van der Waals surface area contributed by atoms with Crippen molar-refractivity contribution in [2.45, 2.75) is 213 Å². The van der Waals surface area contributed by atoms with Gasteiger partial charge in [0.1, 0.15) is 48.0 Å². The molecule has 0 aliphatic carbocycles. The summed E-state index contributed by atoms with van der Waals surface area (Å²) in [7, 11) is 6.57. The van der Waals surface area contributed by atoms with E-state index in [4.69, 9.17) is 72.7 Å². The number of amides is 5. The molecule has 4 aromatic carbocycles. The molecule has 23 nitrogen and oxygen atoms in total. The van der Waals surface area contributed by atoms with E-state index in [1.165, 1.54) is 31.9 Å².